The molecule has 1 aliphatic carbocycles. The van der Waals surface area contributed by atoms with Crippen LogP contribution in [0.2, 0.25) is 0 Å². The van der Waals surface area contributed by atoms with Crippen LogP contribution in [0.25, 0.3) is 82.8 Å². The minimum Gasteiger partial charge on any atom is -0.309 e. The SMILES string of the molecule is C1=CC(c2ccc(-n3c4ccccc4c4c(-c5cccc6c5c5ccccc5n6-c5ccc(-c6ccccc6)cc5)cccc43)cc2)=CCC1. The maximum atomic E-state index is 2.43. The molecule has 0 aliphatic heterocycles. The topological polar surface area (TPSA) is 9.86 Å². The summed E-state index contributed by atoms with van der Waals surface area (Å²) in [4.78, 5) is 0. The highest BCUT2D eigenvalue weighted by Crippen LogP contribution is 2.44. The molecule has 2 nitrogen and oxygen atoms in total. The number of hydrogen-bond acceptors (Lipinski definition) is 0. The molecule has 0 saturated heterocycles. The number of benzene rings is 7. The number of nitrogens with zero attached hydrogens (tertiary/aromatic N) is 2. The number of rotatable bonds is 5. The second-order valence-corrected chi connectivity index (χ2v) is 13.2. The number of fused-ring (bicyclic) bond motifs is 6. The number of hydrogen-bond donors (Lipinski definition) is 0. The van der Waals surface area contributed by atoms with Crippen molar-refractivity contribution in [3.05, 3.63) is 188 Å². The Balaban J connectivity index is 1.18. The maximum Gasteiger partial charge on any atom is 0.0547 e. The van der Waals surface area contributed by atoms with E-state index in [0.717, 1.165) is 18.5 Å². The Morgan fingerprint density at radius 2 is 0.840 bits per heavy atom. The molecule has 2 heteroatoms. The highest BCUT2D eigenvalue weighted by molar-refractivity contribution is 6.22. The largest absolute Gasteiger partial charge is 0.309 e. The van der Waals surface area contributed by atoms with Crippen molar-refractivity contribution >= 4 is 49.2 Å². The third-order valence-corrected chi connectivity index (χ3v) is 10.4. The third kappa shape index (κ3) is 4.49. The molecular formula is C48H34N2. The molecule has 0 N–H and O–H groups in total. The van der Waals surface area contributed by atoms with Gasteiger partial charge in [0, 0.05) is 32.9 Å². The van der Waals surface area contributed by atoms with Crippen LogP contribution in [0.1, 0.15) is 18.4 Å². The summed E-state index contributed by atoms with van der Waals surface area (Å²) < 4.78 is 4.85. The molecule has 7 aromatic carbocycles. The van der Waals surface area contributed by atoms with Gasteiger partial charge in [-0.05, 0) is 94.8 Å². The van der Waals surface area contributed by atoms with Crippen molar-refractivity contribution in [1.29, 1.82) is 0 Å². The first-order valence-electron chi connectivity index (χ1n) is 17.5. The minimum atomic E-state index is 1.11. The van der Waals surface area contributed by atoms with Gasteiger partial charge in [-0.3, -0.25) is 0 Å². The predicted octanol–water partition coefficient (Wildman–Crippen LogP) is 12.9. The van der Waals surface area contributed by atoms with Crippen molar-refractivity contribution in [2.45, 2.75) is 12.8 Å². The van der Waals surface area contributed by atoms with Gasteiger partial charge in [-0.25, -0.2) is 0 Å². The first-order chi connectivity index (χ1) is 24.8. The van der Waals surface area contributed by atoms with Crippen LogP contribution >= 0.6 is 0 Å². The average molecular weight is 639 g/mol. The van der Waals surface area contributed by atoms with Crippen LogP contribution in [0, 0.1) is 0 Å². The Hall–Kier alpha value is -6.38. The molecule has 0 spiro atoms. The summed E-state index contributed by atoms with van der Waals surface area (Å²) in [5, 5.41) is 5.07. The first kappa shape index (κ1) is 28.6. The van der Waals surface area contributed by atoms with Crippen LogP contribution in [-0.4, -0.2) is 9.13 Å². The third-order valence-electron chi connectivity index (χ3n) is 10.4. The molecule has 0 saturated carbocycles. The lowest BCUT2D eigenvalue weighted by atomic mass is 9.95. The van der Waals surface area contributed by atoms with Gasteiger partial charge in [-0.1, -0.05) is 133 Å². The highest BCUT2D eigenvalue weighted by atomic mass is 15.0. The Labute approximate surface area is 291 Å². The Morgan fingerprint density at radius 3 is 1.38 bits per heavy atom. The second-order valence-electron chi connectivity index (χ2n) is 13.2. The fraction of sp³-hybridized carbons (Fsp3) is 0.0417. The summed E-state index contributed by atoms with van der Waals surface area (Å²) in [7, 11) is 0. The molecule has 2 heterocycles. The summed E-state index contributed by atoms with van der Waals surface area (Å²) in [6, 6.07) is 59.9. The molecule has 0 unspecified atom stereocenters. The average Bonchev–Trinajstić information content (AvgIpc) is 3.72. The van der Waals surface area contributed by atoms with Crippen molar-refractivity contribution < 1.29 is 0 Å². The zero-order chi connectivity index (χ0) is 33.0. The van der Waals surface area contributed by atoms with E-state index in [-0.39, 0.29) is 0 Å². The predicted molar refractivity (Wildman–Crippen MR) is 212 cm³/mol. The van der Waals surface area contributed by atoms with Gasteiger partial charge in [0.25, 0.3) is 0 Å². The Bertz CT molecular complexity index is 2770. The number of allylic oxidation sites excluding steroid dienone is 4. The molecule has 9 aromatic rings. The fourth-order valence-corrected chi connectivity index (χ4v) is 8.11. The molecule has 0 fully saturated rings. The van der Waals surface area contributed by atoms with Crippen molar-refractivity contribution in [3.63, 3.8) is 0 Å². The van der Waals surface area contributed by atoms with Crippen LogP contribution in [0.5, 0.6) is 0 Å². The van der Waals surface area contributed by atoms with E-state index < -0.39 is 0 Å². The van der Waals surface area contributed by atoms with E-state index in [1.54, 1.807) is 0 Å². The van der Waals surface area contributed by atoms with Crippen LogP contribution < -0.4 is 0 Å². The molecule has 0 bridgehead atoms. The summed E-state index contributed by atoms with van der Waals surface area (Å²) >= 11 is 0. The van der Waals surface area contributed by atoms with Crippen LogP contribution in [0.15, 0.2) is 182 Å². The summed E-state index contributed by atoms with van der Waals surface area (Å²) in [6.07, 6.45) is 9.11. The zero-order valence-electron chi connectivity index (χ0n) is 27.6. The zero-order valence-corrected chi connectivity index (χ0v) is 27.6. The van der Waals surface area contributed by atoms with Crippen LogP contribution in [-0.2, 0) is 0 Å². The molecule has 50 heavy (non-hydrogen) atoms. The summed E-state index contributed by atoms with van der Waals surface area (Å²) in [5.74, 6) is 0. The van der Waals surface area contributed by atoms with E-state index in [0.29, 0.717) is 0 Å². The highest BCUT2D eigenvalue weighted by Gasteiger charge is 2.20. The molecule has 0 amide bonds. The smallest absolute Gasteiger partial charge is 0.0547 e. The van der Waals surface area contributed by atoms with Gasteiger partial charge in [0.05, 0.1) is 22.1 Å². The van der Waals surface area contributed by atoms with E-state index in [1.165, 1.54) is 82.7 Å². The monoisotopic (exact) mass is 638 g/mol. The van der Waals surface area contributed by atoms with Crippen molar-refractivity contribution in [2.75, 3.05) is 0 Å². The van der Waals surface area contributed by atoms with E-state index in [4.69, 9.17) is 0 Å². The van der Waals surface area contributed by atoms with E-state index >= 15 is 0 Å². The molecule has 2 aromatic heterocycles. The Kier molecular flexibility index (Phi) is 6.67. The molecule has 236 valence electrons. The van der Waals surface area contributed by atoms with E-state index in [1.807, 2.05) is 0 Å². The lowest BCUT2D eigenvalue weighted by Gasteiger charge is -2.12. The van der Waals surface area contributed by atoms with Crippen LogP contribution in [0.3, 0.4) is 0 Å². The Morgan fingerprint density at radius 1 is 0.360 bits per heavy atom. The van der Waals surface area contributed by atoms with Crippen LogP contribution in [0.4, 0.5) is 0 Å². The molecular weight excluding hydrogens is 605 g/mol. The first-order valence-corrected chi connectivity index (χ1v) is 17.5. The van der Waals surface area contributed by atoms with E-state index in [9.17, 15) is 0 Å². The van der Waals surface area contributed by atoms with Gasteiger partial charge >= 0.3 is 0 Å². The van der Waals surface area contributed by atoms with Gasteiger partial charge in [0.15, 0.2) is 0 Å². The minimum absolute atomic E-state index is 1.11. The molecule has 0 atom stereocenters. The van der Waals surface area contributed by atoms with E-state index in [2.05, 4.69) is 191 Å². The quantitative estimate of drug-likeness (QED) is 0.178. The summed E-state index contributed by atoms with van der Waals surface area (Å²) in [6.45, 7) is 0. The fourth-order valence-electron chi connectivity index (χ4n) is 8.11. The second kappa shape index (κ2) is 11.6. The normalized spacial score (nSPS) is 13.1. The standard InChI is InChI=1S/C48H34N2/c1-3-13-33(14-4-1)35-25-29-37(30-26-35)49-43-21-9-7-17-41(43)47-39(19-11-23-45(47)49)40-20-12-24-46-48(40)42-18-8-10-22-44(42)50(46)38-31-27-36(28-32-38)34-15-5-2-6-16-34/h1,3-5,7-32H,2,6H2. The van der Waals surface area contributed by atoms with Gasteiger partial charge < -0.3 is 9.13 Å². The van der Waals surface area contributed by atoms with Crippen molar-refractivity contribution in [2.24, 2.45) is 0 Å². The molecule has 0 radical (unpaired) electrons. The lowest BCUT2D eigenvalue weighted by molar-refractivity contribution is 1.04. The molecule has 1 aliphatic rings. The number of aromatic nitrogens is 2. The van der Waals surface area contributed by atoms with Crippen molar-refractivity contribution in [1.82, 2.24) is 9.13 Å². The lowest BCUT2D eigenvalue weighted by Crippen LogP contribution is -1.95. The van der Waals surface area contributed by atoms with Gasteiger partial charge in [-0.2, -0.15) is 0 Å². The van der Waals surface area contributed by atoms with Gasteiger partial charge in [0.1, 0.15) is 0 Å². The van der Waals surface area contributed by atoms with Gasteiger partial charge in [-0.15, -0.1) is 0 Å². The number of para-hydroxylation sites is 2. The summed E-state index contributed by atoms with van der Waals surface area (Å²) in [5.41, 5.74) is 14.7. The van der Waals surface area contributed by atoms with Gasteiger partial charge in [0.2, 0.25) is 0 Å². The maximum absolute atomic E-state index is 2.43. The van der Waals surface area contributed by atoms with Crippen molar-refractivity contribution in [3.8, 4) is 33.6 Å². The molecule has 10 rings (SSSR count).